The first-order chi connectivity index (χ1) is 10.2. The molecule has 0 aliphatic rings. The highest BCUT2D eigenvalue weighted by atomic mass is 16.1. The van der Waals surface area contributed by atoms with Crippen LogP contribution in [0.4, 0.5) is 0 Å². The second kappa shape index (κ2) is 5.12. The molecule has 0 saturated heterocycles. The number of rotatable bonds is 2. The highest BCUT2D eigenvalue weighted by Crippen LogP contribution is 2.20. The summed E-state index contributed by atoms with van der Waals surface area (Å²) in [5.41, 5.74) is 8.80. The van der Waals surface area contributed by atoms with Crippen LogP contribution in [0.5, 0.6) is 0 Å². The lowest BCUT2D eigenvalue weighted by Gasteiger charge is -1.95. The lowest BCUT2D eigenvalue weighted by atomic mass is 10.1. The van der Waals surface area contributed by atoms with Gasteiger partial charge in [0.1, 0.15) is 0 Å². The van der Waals surface area contributed by atoms with Crippen molar-refractivity contribution in [1.29, 1.82) is 0 Å². The van der Waals surface area contributed by atoms with Crippen LogP contribution < -0.4 is 5.43 Å². The number of hydrogen-bond acceptors (Lipinski definition) is 2. The Balaban J connectivity index is 2.63. The summed E-state index contributed by atoms with van der Waals surface area (Å²) in [5, 5.41) is 2.24. The zero-order valence-electron chi connectivity index (χ0n) is 11.0. The Kier molecular flexibility index (Phi) is 3.14. The number of benzene rings is 2. The van der Waals surface area contributed by atoms with Crippen LogP contribution in [0.25, 0.3) is 27.1 Å². The molecule has 0 spiro atoms. The molecule has 0 aliphatic heterocycles. The van der Waals surface area contributed by atoms with Gasteiger partial charge < -0.3 is 5.53 Å². The monoisotopic (exact) mass is 274 g/mol. The molecular formula is C17H10N2O2. The van der Waals surface area contributed by atoms with Crippen LogP contribution in [0.3, 0.4) is 0 Å². The fraction of sp³-hybridized carbons (Fsp3) is 0. The molecule has 0 bridgehead atoms. The third kappa shape index (κ3) is 2.14. The van der Waals surface area contributed by atoms with Gasteiger partial charge in [-0.15, -0.1) is 0 Å². The number of carbonyl (C=O) groups is 1. The van der Waals surface area contributed by atoms with Crippen LogP contribution in [-0.2, 0) is 0 Å². The zero-order chi connectivity index (χ0) is 14.8. The van der Waals surface area contributed by atoms with Gasteiger partial charge in [0.05, 0.1) is 0 Å². The van der Waals surface area contributed by atoms with Crippen molar-refractivity contribution >= 4 is 33.5 Å². The minimum absolute atomic E-state index is 0.124. The van der Waals surface area contributed by atoms with Crippen LogP contribution >= 0.6 is 0 Å². The van der Waals surface area contributed by atoms with Gasteiger partial charge in [-0.1, -0.05) is 48.5 Å². The predicted molar refractivity (Wildman–Crippen MR) is 81.7 cm³/mol. The summed E-state index contributed by atoms with van der Waals surface area (Å²) >= 11 is 0. The fourth-order valence-electron chi connectivity index (χ4n) is 2.45. The Hall–Kier alpha value is -3.10. The van der Waals surface area contributed by atoms with Gasteiger partial charge in [-0.3, -0.25) is 9.59 Å². The minimum atomic E-state index is -0.450. The van der Waals surface area contributed by atoms with Crippen molar-refractivity contribution in [2.45, 2.75) is 0 Å². The van der Waals surface area contributed by atoms with Gasteiger partial charge in [0.25, 0.3) is 5.78 Å². The first kappa shape index (κ1) is 12.9. The van der Waals surface area contributed by atoms with Crippen molar-refractivity contribution in [3.8, 4) is 0 Å². The number of carbonyl (C=O) groups excluding carboxylic acids is 1. The number of fused-ring (bicyclic) bond motifs is 2. The van der Waals surface area contributed by atoms with E-state index in [4.69, 9.17) is 5.53 Å². The Morgan fingerprint density at radius 3 is 2.29 bits per heavy atom. The quantitative estimate of drug-likeness (QED) is 0.312. The maximum atomic E-state index is 12.6. The van der Waals surface area contributed by atoms with Crippen molar-refractivity contribution in [3.63, 3.8) is 0 Å². The highest BCUT2D eigenvalue weighted by Gasteiger charge is 2.13. The van der Waals surface area contributed by atoms with E-state index >= 15 is 0 Å². The third-order valence-electron chi connectivity index (χ3n) is 3.41. The number of hydrogen-bond donors (Lipinski definition) is 0. The largest absolute Gasteiger partial charge is 0.361 e. The summed E-state index contributed by atoms with van der Waals surface area (Å²) < 4.78 is 0. The lowest BCUT2D eigenvalue weighted by Crippen LogP contribution is -2.02. The second-order valence-electron chi connectivity index (χ2n) is 4.63. The molecule has 0 amide bonds. The Morgan fingerprint density at radius 1 is 0.952 bits per heavy atom. The summed E-state index contributed by atoms with van der Waals surface area (Å²) in [6, 6.07) is 15.7. The summed E-state index contributed by atoms with van der Waals surface area (Å²) in [6.07, 6.45) is 0.834. The van der Waals surface area contributed by atoms with E-state index in [0.29, 0.717) is 27.1 Å². The van der Waals surface area contributed by atoms with Gasteiger partial charge in [0.15, 0.2) is 5.43 Å². The summed E-state index contributed by atoms with van der Waals surface area (Å²) in [4.78, 5) is 27.6. The molecule has 0 unspecified atom stereocenters. The number of nitrogens with zero attached hydrogens (tertiary/aromatic N) is 2. The SMILES string of the molecule is [N-]=[N+]=CC(=O)c1cc2ccccc2c(=O)c2ccccc12. The molecule has 0 saturated carbocycles. The van der Waals surface area contributed by atoms with Gasteiger partial charge in [0, 0.05) is 16.3 Å². The van der Waals surface area contributed by atoms with Crippen molar-refractivity contribution in [2.24, 2.45) is 0 Å². The lowest BCUT2D eigenvalue weighted by molar-refractivity contribution is 0.00236. The van der Waals surface area contributed by atoms with E-state index in [0.717, 1.165) is 6.21 Å². The summed E-state index contributed by atoms with van der Waals surface area (Å²) in [5.74, 6) is -0.450. The van der Waals surface area contributed by atoms with Crippen molar-refractivity contribution in [2.75, 3.05) is 0 Å². The smallest absolute Gasteiger partial charge is 0.328 e. The standard InChI is InChI=1S/C17H10N2O2/c18-19-10-16(20)15-9-11-5-1-2-6-12(11)17(21)14-8-4-3-7-13(14)15/h1-10H. The van der Waals surface area contributed by atoms with E-state index < -0.39 is 5.78 Å². The molecule has 0 heterocycles. The molecule has 0 N–H and O–H groups in total. The molecule has 4 nitrogen and oxygen atoms in total. The maximum absolute atomic E-state index is 12.6. The van der Waals surface area contributed by atoms with Crippen LogP contribution in [0.2, 0.25) is 0 Å². The Labute approximate surface area is 119 Å². The van der Waals surface area contributed by atoms with E-state index in [-0.39, 0.29) is 5.43 Å². The van der Waals surface area contributed by atoms with Gasteiger partial charge >= 0.3 is 6.21 Å². The van der Waals surface area contributed by atoms with E-state index in [2.05, 4.69) is 4.79 Å². The van der Waals surface area contributed by atoms with Gasteiger partial charge in [-0.25, -0.2) is 0 Å². The van der Waals surface area contributed by atoms with Crippen molar-refractivity contribution in [3.05, 3.63) is 75.9 Å². The van der Waals surface area contributed by atoms with E-state index in [1.165, 1.54) is 0 Å². The highest BCUT2D eigenvalue weighted by molar-refractivity contribution is 6.36. The first-order valence-corrected chi connectivity index (χ1v) is 6.39. The second-order valence-corrected chi connectivity index (χ2v) is 4.63. The van der Waals surface area contributed by atoms with Gasteiger partial charge in [-0.05, 0) is 16.8 Å². The van der Waals surface area contributed by atoms with Crippen LogP contribution in [-0.4, -0.2) is 16.8 Å². The molecule has 4 heteroatoms. The van der Waals surface area contributed by atoms with Crippen molar-refractivity contribution < 1.29 is 9.58 Å². The fourth-order valence-corrected chi connectivity index (χ4v) is 2.45. The Morgan fingerprint density at radius 2 is 1.57 bits per heavy atom. The average Bonchev–Trinajstić information content (AvgIpc) is 2.64. The topological polar surface area (TPSA) is 70.5 Å². The molecule has 3 aromatic carbocycles. The number of ketones is 1. The number of Topliss-reactive ketones (excluding diaryl/α,β-unsaturated/α-hetero) is 1. The predicted octanol–water partition coefficient (Wildman–Crippen LogP) is 2.84. The van der Waals surface area contributed by atoms with Gasteiger partial charge in [0.2, 0.25) is 0 Å². The van der Waals surface area contributed by atoms with Crippen molar-refractivity contribution in [1.82, 2.24) is 0 Å². The van der Waals surface area contributed by atoms with Crippen LogP contribution in [0, 0.1) is 0 Å². The molecule has 0 aliphatic carbocycles. The third-order valence-corrected chi connectivity index (χ3v) is 3.41. The zero-order valence-corrected chi connectivity index (χ0v) is 11.0. The summed E-state index contributed by atoms with van der Waals surface area (Å²) in [7, 11) is 0. The molecule has 3 aromatic rings. The molecule has 0 atom stereocenters. The van der Waals surface area contributed by atoms with E-state index in [1.54, 1.807) is 54.6 Å². The van der Waals surface area contributed by atoms with Gasteiger partial charge in [-0.2, -0.15) is 4.79 Å². The minimum Gasteiger partial charge on any atom is -0.361 e. The molecule has 0 aromatic heterocycles. The molecule has 0 fully saturated rings. The van der Waals surface area contributed by atoms with Crippen LogP contribution in [0.15, 0.2) is 59.4 Å². The molecule has 21 heavy (non-hydrogen) atoms. The molecule has 0 radical (unpaired) electrons. The Bertz CT molecular complexity index is 987. The van der Waals surface area contributed by atoms with Crippen LogP contribution in [0.1, 0.15) is 10.4 Å². The normalized spacial score (nSPS) is 10.3. The molecular weight excluding hydrogens is 264 g/mol. The van der Waals surface area contributed by atoms with E-state index in [9.17, 15) is 9.59 Å². The summed E-state index contributed by atoms with van der Waals surface area (Å²) in [6.45, 7) is 0. The average molecular weight is 274 g/mol. The molecule has 3 rings (SSSR count). The molecule has 100 valence electrons. The van der Waals surface area contributed by atoms with E-state index in [1.807, 2.05) is 0 Å². The first-order valence-electron chi connectivity index (χ1n) is 6.39. The maximum Gasteiger partial charge on any atom is 0.328 e.